The summed E-state index contributed by atoms with van der Waals surface area (Å²) in [6.07, 6.45) is 7.35. The van der Waals surface area contributed by atoms with Crippen molar-refractivity contribution in [2.24, 2.45) is 0 Å². The maximum absolute atomic E-state index is 4.43. The molecule has 0 unspecified atom stereocenters. The molecule has 0 fully saturated rings. The van der Waals surface area contributed by atoms with Crippen LogP contribution in [0.5, 0.6) is 0 Å². The molecule has 0 saturated heterocycles. The Bertz CT molecular complexity index is 601. The molecule has 0 saturated carbocycles. The number of hydrogen-bond acceptors (Lipinski definition) is 5. The minimum absolute atomic E-state index is 0.681. The summed E-state index contributed by atoms with van der Waals surface area (Å²) >= 11 is 1.63. The van der Waals surface area contributed by atoms with Gasteiger partial charge in [-0.15, -0.1) is 11.3 Å². The van der Waals surface area contributed by atoms with Gasteiger partial charge in [-0.1, -0.05) is 0 Å². The fraction of sp³-hybridized carbons (Fsp3) is 0.182. The summed E-state index contributed by atoms with van der Waals surface area (Å²) < 4.78 is 2.01. The first-order chi connectivity index (χ1) is 8.42. The Hall–Kier alpha value is -1.95. The minimum Gasteiger partial charge on any atom is -0.352 e. The largest absolute Gasteiger partial charge is 0.352 e. The van der Waals surface area contributed by atoms with Crippen molar-refractivity contribution >= 4 is 27.5 Å². The van der Waals surface area contributed by atoms with Crippen LogP contribution in [0.4, 0.5) is 5.95 Å². The highest BCUT2D eigenvalue weighted by molar-refractivity contribution is 7.16. The molecule has 0 aliphatic heterocycles. The van der Waals surface area contributed by atoms with Gasteiger partial charge < -0.3 is 9.88 Å². The number of fused-ring (bicyclic) bond motifs is 1. The number of nitrogens with one attached hydrogen (secondary N) is 1. The number of hydrogen-bond donors (Lipinski definition) is 1. The van der Waals surface area contributed by atoms with Crippen LogP contribution in [0.2, 0.25) is 0 Å². The second kappa shape index (κ2) is 4.50. The van der Waals surface area contributed by atoms with Gasteiger partial charge in [0.25, 0.3) is 0 Å². The summed E-state index contributed by atoms with van der Waals surface area (Å²) in [7, 11) is 0. The fourth-order valence-corrected chi connectivity index (χ4v) is 2.30. The summed E-state index contributed by atoms with van der Waals surface area (Å²) in [5, 5.41) is 6.32. The highest BCUT2D eigenvalue weighted by atomic mass is 32.1. The molecule has 3 rings (SSSR count). The maximum atomic E-state index is 4.43. The van der Waals surface area contributed by atoms with Gasteiger partial charge in [0.1, 0.15) is 4.83 Å². The number of nitrogens with zero attached hydrogens (tertiary/aromatic N) is 4. The molecule has 0 aromatic carbocycles. The first-order valence-corrected chi connectivity index (χ1v) is 6.20. The summed E-state index contributed by atoms with van der Waals surface area (Å²) in [4.78, 5) is 13.7. The van der Waals surface area contributed by atoms with Crippen molar-refractivity contribution < 1.29 is 0 Å². The van der Waals surface area contributed by atoms with Crippen LogP contribution in [0.3, 0.4) is 0 Å². The third kappa shape index (κ3) is 2.26. The Kier molecular flexibility index (Phi) is 2.71. The zero-order valence-corrected chi connectivity index (χ0v) is 9.89. The van der Waals surface area contributed by atoms with Gasteiger partial charge in [-0.05, 0) is 11.4 Å². The van der Waals surface area contributed by atoms with Crippen LogP contribution in [-0.4, -0.2) is 26.1 Å². The van der Waals surface area contributed by atoms with E-state index in [2.05, 4.69) is 20.3 Å². The zero-order chi connectivity index (χ0) is 11.5. The van der Waals surface area contributed by atoms with Crippen molar-refractivity contribution in [3.8, 4) is 0 Å². The van der Waals surface area contributed by atoms with Gasteiger partial charge >= 0.3 is 0 Å². The maximum Gasteiger partial charge on any atom is 0.224 e. The second-order valence-electron chi connectivity index (χ2n) is 3.60. The van der Waals surface area contributed by atoms with E-state index in [-0.39, 0.29) is 0 Å². The predicted octanol–water partition coefficient (Wildman–Crippen LogP) is 2.00. The van der Waals surface area contributed by atoms with Crippen LogP contribution in [-0.2, 0) is 6.54 Å². The quantitative estimate of drug-likeness (QED) is 0.764. The molecule has 0 aliphatic carbocycles. The molecule has 0 radical (unpaired) electrons. The molecule has 6 heteroatoms. The lowest BCUT2D eigenvalue weighted by Crippen LogP contribution is -2.11. The smallest absolute Gasteiger partial charge is 0.224 e. The van der Waals surface area contributed by atoms with Gasteiger partial charge in [-0.2, -0.15) is 0 Å². The van der Waals surface area contributed by atoms with E-state index in [1.807, 2.05) is 28.4 Å². The normalized spacial score (nSPS) is 10.8. The number of aromatic nitrogens is 4. The molecule has 86 valence electrons. The van der Waals surface area contributed by atoms with E-state index >= 15 is 0 Å². The van der Waals surface area contributed by atoms with E-state index in [1.54, 1.807) is 23.9 Å². The molecule has 3 aromatic heterocycles. The molecule has 0 spiro atoms. The van der Waals surface area contributed by atoms with Crippen molar-refractivity contribution in [2.45, 2.75) is 6.54 Å². The van der Waals surface area contributed by atoms with Gasteiger partial charge in [0, 0.05) is 37.1 Å². The third-order valence-corrected chi connectivity index (χ3v) is 3.24. The van der Waals surface area contributed by atoms with E-state index in [9.17, 15) is 0 Å². The van der Waals surface area contributed by atoms with Crippen molar-refractivity contribution in [1.82, 2.24) is 19.5 Å². The van der Waals surface area contributed by atoms with Crippen LogP contribution in [0.1, 0.15) is 0 Å². The van der Waals surface area contributed by atoms with Crippen LogP contribution in [0, 0.1) is 0 Å². The van der Waals surface area contributed by atoms with Gasteiger partial charge in [-0.3, -0.25) is 0 Å². The van der Waals surface area contributed by atoms with E-state index in [1.165, 1.54) is 0 Å². The van der Waals surface area contributed by atoms with Crippen molar-refractivity contribution in [3.05, 3.63) is 36.4 Å². The minimum atomic E-state index is 0.681. The molecule has 0 amide bonds. The van der Waals surface area contributed by atoms with Crippen molar-refractivity contribution in [3.63, 3.8) is 0 Å². The Labute approximate surface area is 102 Å². The SMILES string of the molecule is c1cn(CCNc2ncc3ccsc3n2)cn1. The molecule has 0 aliphatic rings. The molecule has 17 heavy (non-hydrogen) atoms. The molecule has 0 bridgehead atoms. The van der Waals surface area contributed by atoms with Crippen LogP contribution < -0.4 is 5.32 Å². The van der Waals surface area contributed by atoms with E-state index in [0.29, 0.717) is 5.95 Å². The Morgan fingerprint density at radius 1 is 1.41 bits per heavy atom. The molecular weight excluding hydrogens is 234 g/mol. The molecule has 5 nitrogen and oxygen atoms in total. The Morgan fingerprint density at radius 3 is 3.29 bits per heavy atom. The van der Waals surface area contributed by atoms with E-state index in [0.717, 1.165) is 23.3 Å². The summed E-state index contributed by atoms with van der Waals surface area (Å²) in [5.41, 5.74) is 0. The Balaban J connectivity index is 1.64. The van der Waals surface area contributed by atoms with Crippen molar-refractivity contribution in [2.75, 3.05) is 11.9 Å². The van der Waals surface area contributed by atoms with E-state index < -0.39 is 0 Å². The van der Waals surface area contributed by atoms with Gasteiger partial charge in [-0.25, -0.2) is 15.0 Å². The third-order valence-electron chi connectivity index (χ3n) is 2.42. The monoisotopic (exact) mass is 245 g/mol. The van der Waals surface area contributed by atoms with Gasteiger partial charge in [0.15, 0.2) is 0 Å². The number of rotatable bonds is 4. The van der Waals surface area contributed by atoms with Crippen LogP contribution in [0.15, 0.2) is 36.4 Å². The average molecular weight is 245 g/mol. The van der Waals surface area contributed by atoms with E-state index in [4.69, 9.17) is 0 Å². The topological polar surface area (TPSA) is 55.6 Å². The lowest BCUT2D eigenvalue weighted by molar-refractivity contribution is 0.723. The molecule has 3 heterocycles. The summed E-state index contributed by atoms with van der Waals surface area (Å²) in [6, 6.07) is 2.02. The average Bonchev–Trinajstić information content (AvgIpc) is 2.98. The first kappa shape index (κ1) is 10.2. The predicted molar refractivity (Wildman–Crippen MR) is 68.1 cm³/mol. The Morgan fingerprint density at radius 2 is 2.41 bits per heavy atom. The molecule has 1 N–H and O–H groups in total. The summed E-state index contributed by atoms with van der Waals surface area (Å²) in [5.74, 6) is 0.681. The number of thiophene rings is 1. The second-order valence-corrected chi connectivity index (χ2v) is 4.50. The first-order valence-electron chi connectivity index (χ1n) is 5.32. The summed E-state index contributed by atoms with van der Waals surface area (Å²) in [6.45, 7) is 1.64. The molecule has 3 aromatic rings. The standard InChI is InChI=1S/C11H11N5S/c1-6-17-10-9(1)7-14-11(15-10)13-3-5-16-4-2-12-8-16/h1-2,4,6-8H,3,5H2,(H,13,14,15). The van der Waals surface area contributed by atoms with Crippen LogP contribution in [0.25, 0.3) is 10.2 Å². The highest BCUT2D eigenvalue weighted by Crippen LogP contribution is 2.18. The highest BCUT2D eigenvalue weighted by Gasteiger charge is 2.00. The lowest BCUT2D eigenvalue weighted by atomic mass is 10.4. The lowest BCUT2D eigenvalue weighted by Gasteiger charge is -2.04. The fourth-order valence-electron chi connectivity index (χ4n) is 1.56. The molecular formula is C11H11N5S. The van der Waals surface area contributed by atoms with Gasteiger partial charge in [0.05, 0.1) is 6.33 Å². The zero-order valence-electron chi connectivity index (χ0n) is 9.08. The molecule has 0 atom stereocenters. The van der Waals surface area contributed by atoms with Crippen LogP contribution >= 0.6 is 11.3 Å². The van der Waals surface area contributed by atoms with Gasteiger partial charge in [0.2, 0.25) is 5.95 Å². The van der Waals surface area contributed by atoms with Crippen molar-refractivity contribution in [1.29, 1.82) is 0 Å². The number of anilines is 1. The number of imidazole rings is 1.